The molecule has 0 aromatic heterocycles. The Bertz CT molecular complexity index is 141. The minimum Gasteiger partial charge on any atom is -0.314 e. The lowest BCUT2D eigenvalue weighted by Gasteiger charge is -2.09. The molecule has 1 rings (SSSR count). The fourth-order valence-corrected chi connectivity index (χ4v) is 1.09. The molecule has 11 heavy (non-hydrogen) atoms. The second kappa shape index (κ2) is 4.41. The summed E-state index contributed by atoms with van der Waals surface area (Å²) in [6.45, 7) is 3.40. The van der Waals surface area contributed by atoms with Crippen molar-refractivity contribution < 1.29 is 0 Å². The van der Waals surface area contributed by atoms with Crippen molar-refractivity contribution in [2.45, 2.75) is 38.6 Å². The highest BCUT2D eigenvalue weighted by Crippen LogP contribution is 2.19. The van der Waals surface area contributed by atoms with Gasteiger partial charge in [0.2, 0.25) is 0 Å². The number of rotatable bonds is 5. The van der Waals surface area contributed by atoms with Crippen LogP contribution < -0.4 is 5.32 Å². The molecule has 0 radical (unpaired) electrons. The van der Waals surface area contributed by atoms with Crippen LogP contribution in [0.3, 0.4) is 0 Å². The second-order valence-corrected chi connectivity index (χ2v) is 3.53. The summed E-state index contributed by atoms with van der Waals surface area (Å²) in [6.07, 6.45) is 10.0. The Morgan fingerprint density at radius 2 is 2.36 bits per heavy atom. The van der Waals surface area contributed by atoms with E-state index in [1.54, 1.807) is 0 Å². The van der Waals surface area contributed by atoms with Gasteiger partial charge in [-0.05, 0) is 31.7 Å². The van der Waals surface area contributed by atoms with Crippen LogP contribution in [0.2, 0.25) is 0 Å². The molecule has 62 valence electrons. The van der Waals surface area contributed by atoms with Crippen LogP contribution in [-0.4, -0.2) is 12.6 Å². The van der Waals surface area contributed by atoms with E-state index in [4.69, 9.17) is 6.42 Å². The quantitative estimate of drug-likeness (QED) is 0.591. The molecular formula is C10H17N. The summed E-state index contributed by atoms with van der Waals surface area (Å²) in [5, 5.41) is 3.50. The van der Waals surface area contributed by atoms with E-state index in [-0.39, 0.29) is 0 Å². The smallest absolute Gasteiger partial charge is 0.00890 e. The summed E-state index contributed by atoms with van der Waals surface area (Å²) in [5.74, 6) is 3.42. The molecule has 0 aromatic rings. The van der Waals surface area contributed by atoms with Gasteiger partial charge in [0.1, 0.15) is 0 Å². The maximum Gasteiger partial charge on any atom is 0.00890 e. The molecular weight excluding hydrogens is 134 g/mol. The fraction of sp³-hybridized carbons (Fsp3) is 0.800. The van der Waals surface area contributed by atoms with Crippen molar-refractivity contribution in [1.82, 2.24) is 5.32 Å². The van der Waals surface area contributed by atoms with E-state index in [9.17, 15) is 0 Å². The molecule has 1 aliphatic rings. The molecule has 1 aliphatic carbocycles. The first-order valence-corrected chi connectivity index (χ1v) is 4.49. The minimum atomic E-state index is 0.742. The molecule has 1 saturated carbocycles. The molecule has 1 atom stereocenters. The van der Waals surface area contributed by atoms with Gasteiger partial charge in [-0.25, -0.2) is 0 Å². The van der Waals surface area contributed by atoms with Crippen molar-refractivity contribution in [3.05, 3.63) is 0 Å². The zero-order chi connectivity index (χ0) is 8.10. The van der Waals surface area contributed by atoms with Gasteiger partial charge in [-0.2, -0.15) is 0 Å². The van der Waals surface area contributed by atoms with E-state index in [1.165, 1.54) is 12.8 Å². The largest absolute Gasteiger partial charge is 0.314 e. The molecule has 0 saturated heterocycles. The summed E-state index contributed by atoms with van der Waals surface area (Å²) in [5.41, 5.74) is 0. The Morgan fingerprint density at radius 3 is 2.91 bits per heavy atom. The first-order valence-electron chi connectivity index (χ1n) is 4.49. The number of terminal acetylenes is 1. The molecule has 0 heterocycles. The van der Waals surface area contributed by atoms with Crippen LogP contribution in [0.25, 0.3) is 0 Å². The number of nitrogens with one attached hydrogen (secondary N) is 1. The van der Waals surface area contributed by atoms with Gasteiger partial charge in [0.15, 0.2) is 0 Å². The van der Waals surface area contributed by atoms with Crippen LogP contribution in [0.1, 0.15) is 32.6 Å². The third-order valence-electron chi connectivity index (χ3n) is 2.11. The van der Waals surface area contributed by atoms with Gasteiger partial charge in [-0.1, -0.05) is 6.92 Å². The van der Waals surface area contributed by atoms with Crippen molar-refractivity contribution >= 4 is 0 Å². The molecule has 1 unspecified atom stereocenters. The van der Waals surface area contributed by atoms with E-state index < -0.39 is 0 Å². The normalized spacial score (nSPS) is 19.3. The molecule has 1 N–H and O–H groups in total. The molecule has 0 bridgehead atoms. The SMILES string of the molecule is C#CCCC(C)CNC1CC1. The van der Waals surface area contributed by atoms with Gasteiger partial charge < -0.3 is 5.32 Å². The summed E-state index contributed by atoms with van der Waals surface area (Å²) >= 11 is 0. The summed E-state index contributed by atoms with van der Waals surface area (Å²) in [4.78, 5) is 0. The standard InChI is InChI=1S/C10H17N/c1-3-4-5-9(2)8-11-10-6-7-10/h1,9-11H,4-8H2,2H3. The summed E-state index contributed by atoms with van der Waals surface area (Å²) in [6, 6.07) is 0.836. The predicted octanol–water partition coefficient (Wildman–Crippen LogP) is 1.79. The molecule has 0 aliphatic heterocycles. The first-order chi connectivity index (χ1) is 5.33. The Morgan fingerprint density at radius 1 is 1.64 bits per heavy atom. The summed E-state index contributed by atoms with van der Waals surface area (Å²) in [7, 11) is 0. The average Bonchev–Trinajstić information content (AvgIpc) is 2.80. The van der Waals surface area contributed by atoms with Gasteiger partial charge in [0, 0.05) is 12.5 Å². The third-order valence-corrected chi connectivity index (χ3v) is 2.11. The van der Waals surface area contributed by atoms with Crippen LogP contribution >= 0.6 is 0 Å². The van der Waals surface area contributed by atoms with Crippen LogP contribution in [-0.2, 0) is 0 Å². The molecule has 1 nitrogen and oxygen atoms in total. The van der Waals surface area contributed by atoms with Crippen molar-refractivity contribution in [3.8, 4) is 12.3 Å². The lowest BCUT2D eigenvalue weighted by molar-refractivity contribution is 0.486. The monoisotopic (exact) mass is 151 g/mol. The topological polar surface area (TPSA) is 12.0 Å². The highest BCUT2D eigenvalue weighted by molar-refractivity contribution is 4.85. The lowest BCUT2D eigenvalue weighted by atomic mass is 10.1. The number of hydrogen-bond acceptors (Lipinski definition) is 1. The predicted molar refractivity (Wildman–Crippen MR) is 48.3 cm³/mol. The first kappa shape index (κ1) is 8.62. The van der Waals surface area contributed by atoms with E-state index in [0.29, 0.717) is 0 Å². The van der Waals surface area contributed by atoms with Gasteiger partial charge in [0.25, 0.3) is 0 Å². The van der Waals surface area contributed by atoms with Crippen LogP contribution in [0, 0.1) is 18.3 Å². The number of hydrogen-bond donors (Lipinski definition) is 1. The van der Waals surface area contributed by atoms with Crippen molar-refractivity contribution in [1.29, 1.82) is 0 Å². The summed E-state index contributed by atoms with van der Waals surface area (Å²) < 4.78 is 0. The van der Waals surface area contributed by atoms with Gasteiger partial charge >= 0.3 is 0 Å². The van der Waals surface area contributed by atoms with E-state index >= 15 is 0 Å². The molecule has 0 spiro atoms. The molecule has 1 heteroatoms. The van der Waals surface area contributed by atoms with E-state index in [0.717, 1.165) is 31.3 Å². The zero-order valence-corrected chi connectivity index (χ0v) is 7.27. The van der Waals surface area contributed by atoms with Crippen molar-refractivity contribution in [3.63, 3.8) is 0 Å². The minimum absolute atomic E-state index is 0.742. The van der Waals surface area contributed by atoms with E-state index in [1.807, 2.05) is 0 Å². The van der Waals surface area contributed by atoms with Crippen LogP contribution in [0.5, 0.6) is 0 Å². The Balaban J connectivity index is 1.92. The molecule has 0 aromatic carbocycles. The highest BCUT2D eigenvalue weighted by atomic mass is 14.9. The zero-order valence-electron chi connectivity index (χ0n) is 7.27. The maximum atomic E-state index is 5.17. The highest BCUT2D eigenvalue weighted by Gasteiger charge is 2.20. The maximum absolute atomic E-state index is 5.17. The molecule has 0 amide bonds. The van der Waals surface area contributed by atoms with Crippen LogP contribution in [0.4, 0.5) is 0 Å². The third kappa shape index (κ3) is 4.06. The van der Waals surface area contributed by atoms with Crippen molar-refractivity contribution in [2.24, 2.45) is 5.92 Å². The van der Waals surface area contributed by atoms with Gasteiger partial charge in [-0.3, -0.25) is 0 Å². The Hall–Kier alpha value is -0.480. The Kier molecular flexibility index (Phi) is 3.45. The van der Waals surface area contributed by atoms with Crippen LogP contribution in [0.15, 0.2) is 0 Å². The fourth-order valence-electron chi connectivity index (χ4n) is 1.09. The lowest BCUT2D eigenvalue weighted by Crippen LogP contribution is -2.22. The average molecular weight is 151 g/mol. The molecule has 1 fully saturated rings. The second-order valence-electron chi connectivity index (χ2n) is 3.53. The van der Waals surface area contributed by atoms with Gasteiger partial charge in [-0.15, -0.1) is 12.3 Å². The Labute approximate surface area is 69.6 Å². The van der Waals surface area contributed by atoms with E-state index in [2.05, 4.69) is 18.2 Å². The van der Waals surface area contributed by atoms with Crippen molar-refractivity contribution in [2.75, 3.05) is 6.54 Å². The van der Waals surface area contributed by atoms with Gasteiger partial charge in [0.05, 0.1) is 0 Å².